The second kappa shape index (κ2) is 5.21. The Morgan fingerprint density at radius 2 is 2.23 bits per heavy atom. The van der Waals surface area contributed by atoms with Crippen molar-refractivity contribution >= 4 is 16.8 Å². The smallest absolute Gasteiger partial charge is 0.254 e. The van der Waals surface area contributed by atoms with Gasteiger partial charge in [-0.1, -0.05) is 6.92 Å². The van der Waals surface area contributed by atoms with E-state index >= 15 is 0 Å². The van der Waals surface area contributed by atoms with Crippen LogP contribution in [0.4, 0.5) is 4.39 Å². The molecule has 1 atom stereocenters. The molecule has 0 bridgehead atoms. The van der Waals surface area contributed by atoms with Crippen molar-refractivity contribution < 1.29 is 9.18 Å². The minimum Gasteiger partial charge on any atom is -0.338 e. The number of likely N-dealkylation sites (tertiary alicyclic amines) is 1. The summed E-state index contributed by atoms with van der Waals surface area (Å²) in [5.74, 6) is -0.662. The third-order valence-corrected chi connectivity index (χ3v) is 4.37. The Morgan fingerprint density at radius 1 is 1.45 bits per heavy atom. The summed E-state index contributed by atoms with van der Waals surface area (Å²) in [5.41, 5.74) is 5.90. The summed E-state index contributed by atoms with van der Waals surface area (Å²) in [5, 5.41) is 0.548. The van der Waals surface area contributed by atoms with Crippen molar-refractivity contribution in [3.8, 4) is 0 Å². The zero-order valence-corrected chi connectivity index (χ0v) is 12.4. The molecule has 116 valence electrons. The minimum atomic E-state index is -0.454. The third-order valence-electron chi connectivity index (χ3n) is 4.37. The maximum atomic E-state index is 13.3. The van der Waals surface area contributed by atoms with Gasteiger partial charge in [0, 0.05) is 24.5 Å². The number of carbonyl (C=O) groups is 1. The molecular weight excluding hydrogens is 285 g/mol. The van der Waals surface area contributed by atoms with E-state index in [0.717, 1.165) is 6.42 Å². The van der Waals surface area contributed by atoms with E-state index in [1.54, 1.807) is 4.90 Å². The fraction of sp³-hybridized carbons (Fsp3) is 0.375. The summed E-state index contributed by atoms with van der Waals surface area (Å²) in [4.78, 5) is 28.8. The van der Waals surface area contributed by atoms with E-state index in [1.807, 2.05) is 6.92 Å². The van der Waals surface area contributed by atoms with Crippen LogP contribution >= 0.6 is 0 Å². The van der Waals surface area contributed by atoms with Gasteiger partial charge < -0.3 is 15.6 Å². The quantitative estimate of drug-likeness (QED) is 0.882. The van der Waals surface area contributed by atoms with Crippen LogP contribution in [0.25, 0.3) is 10.9 Å². The monoisotopic (exact) mass is 303 g/mol. The molecule has 5 nitrogen and oxygen atoms in total. The van der Waals surface area contributed by atoms with Crippen LogP contribution in [0.2, 0.25) is 0 Å². The fourth-order valence-electron chi connectivity index (χ4n) is 2.94. The molecule has 1 aromatic carbocycles. The number of halogens is 1. The van der Waals surface area contributed by atoms with Gasteiger partial charge in [-0.15, -0.1) is 0 Å². The van der Waals surface area contributed by atoms with E-state index in [9.17, 15) is 14.0 Å². The SMILES string of the molecule is CC1(CN)CCN(C(=O)c2cc(=O)[nH]c3cc(F)ccc23)C1. The maximum absolute atomic E-state index is 13.3. The molecule has 0 aliphatic carbocycles. The Hall–Kier alpha value is -2.21. The molecule has 22 heavy (non-hydrogen) atoms. The highest BCUT2D eigenvalue weighted by atomic mass is 19.1. The highest BCUT2D eigenvalue weighted by Crippen LogP contribution is 2.30. The number of pyridine rings is 1. The van der Waals surface area contributed by atoms with Gasteiger partial charge in [0.05, 0.1) is 11.1 Å². The molecule has 6 heteroatoms. The molecular formula is C16H18FN3O2. The molecule has 1 amide bonds. The van der Waals surface area contributed by atoms with Crippen molar-refractivity contribution in [2.75, 3.05) is 19.6 Å². The Kier molecular flexibility index (Phi) is 3.48. The number of aromatic nitrogens is 1. The number of rotatable bonds is 2. The van der Waals surface area contributed by atoms with Crippen molar-refractivity contribution in [2.45, 2.75) is 13.3 Å². The van der Waals surface area contributed by atoms with Crippen LogP contribution in [0.3, 0.4) is 0 Å². The molecule has 3 N–H and O–H groups in total. The summed E-state index contributed by atoms with van der Waals surface area (Å²) in [7, 11) is 0. The molecule has 1 saturated heterocycles. The van der Waals surface area contributed by atoms with Gasteiger partial charge in [0.15, 0.2) is 0 Å². The Bertz CT molecular complexity index is 802. The van der Waals surface area contributed by atoms with E-state index < -0.39 is 11.4 Å². The second-order valence-electron chi connectivity index (χ2n) is 6.23. The van der Waals surface area contributed by atoms with Gasteiger partial charge >= 0.3 is 0 Å². The molecule has 0 radical (unpaired) electrons. The minimum absolute atomic E-state index is 0.0846. The lowest BCUT2D eigenvalue weighted by Gasteiger charge is -2.22. The molecule has 2 heterocycles. The first-order valence-electron chi connectivity index (χ1n) is 7.24. The standard InChI is InChI=1S/C16H18FN3O2/c1-16(8-18)4-5-20(9-16)15(22)12-7-14(21)19-13-6-10(17)2-3-11(12)13/h2-3,6-7H,4-5,8-9,18H2,1H3,(H,19,21). The molecule has 1 aliphatic rings. The molecule has 3 rings (SSSR count). The average molecular weight is 303 g/mol. The van der Waals surface area contributed by atoms with Crippen LogP contribution in [0.1, 0.15) is 23.7 Å². The molecule has 0 saturated carbocycles. The summed E-state index contributed by atoms with van der Waals surface area (Å²) in [6.45, 7) is 3.74. The topological polar surface area (TPSA) is 79.2 Å². The molecule has 1 aliphatic heterocycles. The van der Waals surface area contributed by atoms with Crippen molar-refractivity contribution in [3.63, 3.8) is 0 Å². The first kappa shape index (κ1) is 14.7. The van der Waals surface area contributed by atoms with Crippen molar-refractivity contribution in [3.05, 3.63) is 46.0 Å². The maximum Gasteiger partial charge on any atom is 0.254 e. The number of carbonyl (C=O) groups excluding carboxylic acids is 1. The van der Waals surface area contributed by atoms with Gasteiger partial charge in [0.1, 0.15) is 5.82 Å². The number of hydrogen-bond donors (Lipinski definition) is 2. The summed E-state index contributed by atoms with van der Waals surface area (Å²) >= 11 is 0. The number of H-pyrrole nitrogens is 1. The van der Waals surface area contributed by atoms with E-state index in [1.165, 1.54) is 24.3 Å². The van der Waals surface area contributed by atoms with Gasteiger partial charge in [-0.3, -0.25) is 9.59 Å². The first-order valence-corrected chi connectivity index (χ1v) is 7.24. The fourth-order valence-corrected chi connectivity index (χ4v) is 2.94. The predicted molar refractivity (Wildman–Crippen MR) is 82.2 cm³/mol. The molecule has 2 aromatic rings. The number of nitrogens with zero attached hydrogens (tertiary/aromatic N) is 1. The van der Waals surface area contributed by atoms with Crippen molar-refractivity contribution in [1.29, 1.82) is 0 Å². The Labute approximate surface area is 126 Å². The molecule has 1 unspecified atom stereocenters. The number of nitrogens with two attached hydrogens (primary N) is 1. The molecule has 1 aromatic heterocycles. The van der Waals surface area contributed by atoms with Gasteiger partial charge in [-0.05, 0) is 36.6 Å². The number of aromatic amines is 1. The lowest BCUT2D eigenvalue weighted by molar-refractivity contribution is 0.0778. The largest absolute Gasteiger partial charge is 0.338 e. The van der Waals surface area contributed by atoms with Gasteiger partial charge in [0.2, 0.25) is 5.56 Å². The Morgan fingerprint density at radius 3 is 2.91 bits per heavy atom. The van der Waals surface area contributed by atoms with Gasteiger partial charge in [-0.25, -0.2) is 4.39 Å². The molecule has 1 fully saturated rings. The average Bonchev–Trinajstić information content (AvgIpc) is 2.88. The predicted octanol–water partition coefficient (Wildman–Crippen LogP) is 1.48. The normalized spacial score (nSPS) is 21.5. The number of benzene rings is 1. The van der Waals surface area contributed by atoms with Gasteiger partial charge in [0.25, 0.3) is 5.91 Å². The lowest BCUT2D eigenvalue weighted by Crippen LogP contribution is -2.35. The first-order chi connectivity index (χ1) is 10.4. The number of amides is 1. The zero-order chi connectivity index (χ0) is 15.9. The molecule has 0 spiro atoms. The zero-order valence-electron chi connectivity index (χ0n) is 12.4. The van der Waals surface area contributed by atoms with E-state index in [4.69, 9.17) is 5.73 Å². The van der Waals surface area contributed by atoms with Crippen LogP contribution < -0.4 is 11.3 Å². The Balaban J connectivity index is 2.03. The lowest BCUT2D eigenvalue weighted by atomic mass is 9.90. The number of hydrogen-bond acceptors (Lipinski definition) is 3. The van der Waals surface area contributed by atoms with Gasteiger partial charge in [-0.2, -0.15) is 0 Å². The van der Waals surface area contributed by atoms with Crippen LogP contribution in [-0.4, -0.2) is 35.4 Å². The summed E-state index contributed by atoms with van der Waals surface area (Å²) < 4.78 is 13.3. The van der Waals surface area contributed by atoms with Crippen LogP contribution in [0.5, 0.6) is 0 Å². The summed E-state index contributed by atoms with van der Waals surface area (Å²) in [6.07, 6.45) is 0.838. The van der Waals surface area contributed by atoms with Crippen molar-refractivity contribution in [1.82, 2.24) is 9.88 Å². The van der Waals surface area contributed by atoms with Crippen molar-refractivity contribution in [2.24, 2.45) is 11.1 Å². The van der Waals surface area contributed by atoms with Crippen LogP contribution in [-0.2, 0) is 0 Å². The van der Waals surface area contributed by atoms with E-state index in [-0.39, 0.29) is 11.3 Å². The number of fused-ring (bicyclic) bond motifs is 1. The second-order valence-corrected chi connectivity index (χ2v) is 6.23. The van der Waals surface area contributed by atoms with Crippen LogP contribution in [0, 0.1) is 11.2 Å². The summed E-state index contributed by atoms with van der Waals surface area (Å²) in [6, 6.07) is 5.31. The number of nitrogens with one attached hydrogen (secondary N) is 1. The third kappa shape index (κ3) is 2.50. The highest BCUT2D eigenvalue weighted by Gasteiger charge is 2.35. The van der Waals surface area contributed by atoms with Crippen LogP contribution in [0.15, 0.2) is 29.1 Å². The highest BCUT2D eigenvalue weighted by molar-refractivity contribution is 6.06. The van der Waals surface area contributed by atoms with E-state index in [2.05, 4.69) is 4.98 Å². The van der Waals surface area contributed by atoms with E-state index in [0.29, 0.717) is 36.1 Å².